The molecule has 10 rings (SSSR count). The summed E-state index contributed by atoms with van der Waals surface area (Å²) in [5, 5.41) is 20.6. The first-order chi connectivity index (χ1) is 35.4. The maximum Gasteiger partial charge on any atom is 0.348 e. The van der Waals surface area contributed by atoms with Crippen molar-refractivity contribution in [3.8, 4) is 0 Å². The zero-order chi connectivity index (χ0) is 52.2. The summed E-state index contributed by atoms with van der Waals surface area (Å²) in [4.78, 5) is 65.3. The molecule has 0 atom stereocenters. The van der Waals surface area contributed by atoms with Crippen LogP contribution < -0.4 is 0 Å². The number of allylic oxidation sites excluding steroid dienone is 2. The van der Waals surface area contributed by atoms with E-state index in [0.717, 1.165) is 45.1 Å². The van der Waals surface area contributed by atoms with E-state index in [9.17, 15) is 34.2 Å². The summed E-state index contributed by atoms with van der Waals surface area (Å²) < 4.78 is 33.4. The van der Waals surface area contributed by atoms with Gasteiger partial charge in [-0.25, -0.2) is 19.2 Å². The maximum atomic E-state index is 13.7. The van der Waals surface area contributed by atoms with Crippen molar-refractivity contribution in [3.05, 3.63) is 166 Å². The number of hydrogen-bond acceptors (Lipinski definition) is 12. The number of esters is 4. The molecule has 14 nitrogen and oxygen atoms in total. The van der Waals surface area contributed by atoms with Crippen molar-refractivity contribution in [1.29, 1.82) is 0 Å². The monoisotopic (exact) mass is 1000 g/mol. The third-order valence-corrected chi connectivity index (χ3v) is 16.4. The van der Waals surface area contributed by atoms with Gasteiger partial charge in [0.25, 0.3) is 17.5 Å². The third-order valence-electron chi connectivity index (χ3n) is 16.4. The molecule has 74 heavy (non-hydrogen) atoms. The van der Waals surface area contributed by atoms with E-state index >= 15 is 0 Å². The molecule has 1 saturated heterocycles. The summed E-state index contributed by atoms with van der Waals surface area (Å²) >= 11 is 0. The Morgan fingerprint density at radius 2 is 1.12 bits per heavy atom. The molecule has 6 aliphatic rings. The van der Waals surface area contributed by atoms with Crippen LogP contribution >= 0.6 is 0 Å². The Bertz CT molecular complexity index is 3100. The molecule has 0 bridgehead atoms. The topological polar surface area (TPSA) is 178 Å². The molecule has 0 unspecified atom stereocenters. The van der Waals surface area contributed by atoms with Crippen LogP contribution in [-0.4, -0.2) is 85.7 Å². The van der Waals surface area contributed by atoms with Gasteiger partial charge < -0.3 is 33.9 Å². The fourth-order valence-electron chi connectivity index (χ4n) is 12.1. The van der Waals surface area contributed by atoms with Crippen LogP contribution in [0.2, 0.25) is 0 Å². The first-order valence-corrected chi connectivity index (χ1v) is 25.5. The summed E-state index contributed by atoms with van der Waals surface area (Å²) in [7, 11) is 1.35. The molecule has 2 aliphatic carbocycles. The Hall–Kier alpha value is -7.45. The van der Waals surface area contributed by atoms with E-state index in [1.807, 2.05) is 54.6 Å². The molecule has 2 spiro atoms. The van der Waals surface area contributed by atoms with E-state index < -0.39 is 58.8 Å². The number of carbonyl (C=O) groups excluding carboxylic acids is 5. The highest BCUT2D eigenvalue weighted by Crippen LogP contribution is 2.49. The highest BCUT2D eigenvalue weighted by Gasteiger charge is 2.53. The van der Waals surface area contributed by atoms with Gasteiger partial charge in [0.2, 0.25) is 11.4 Å². The molecular weight excluding hydrogens is 941 g/mol. The van der Waals surface area contributed by atoms with E-state index in [4.69, 9.17) is 23.7 Å². The van der Waals surface area contributed by atoms with Gasteiger partial charge in [-0.2, -0.15) is 9.15 Å². The second-order valence-corrected chi connectivity index (χ2v) is 21.4. The Labute approximate surface area is 430 Å². The van der Waals surface area contributed by atoms with E-state index in [2.05, 4.69) is 61.1 Å². The fraction of sp³-hybridized carbons (Fsp3) is 0.383. The summed E-state index contributed by atoms with van der Waals surface area (Å²) in [5.74, 6) is -5.41. The van der Waals surface area contributed by atoms with Gasteiger partial charge in [0.15, 0.2) is 30.3 Å². The van der Waals surface area contributed by atoms with Crippen LogP contribution in [-0.2, 0) is 62.0 Å². The Morgan fingerprint density at radius 3 is 1.66 bits per heavy atom. The van der Waals surface area contributed by atoms with E-state index in [-0.39, 0.29) is 35.2 Å². The number of benzene rings is 4. The van der Waals surface area contributed by atoms with Crippen LogP contribution in [0.15, 0.2) is 132 Å². The number of aliphatic hydroxyl groups excluding tert-OH is 2. The molecule has 3 fully saturated rings. The zero-order valence-corrected chi connectivity index (χ0v) is 42.5. The molecule has 4 heterocycles. The third kappa shape index (κ3) is 9.18. The number of rotatable bonds is 12. The summed E-state index contributed by atoms with van der Waals surface area (Å²) in [5.41, 5.74) is 7.83. The van der Waals surface area contributed by atoms with Crippen molar-refractivity contribution in [1.82, 2.24) is 0 Å². The Morgan fingerprint density at radius 1 is 0.635 bits per heavy atom. The fourth-order valence-corrected chi connectivity index (χ4v) is 12.1. The molecule has 4 aliphatic heterocycles. The van der Waals surface area contributed by atoms with Crippen LogP contribution in [0.3, 0.4) is 0 Å². The number of aliphatic hydroxyl groups is 2. The lowest BCUT2D eigenvalue weighted by Gasteiger charge is -2.46. The van der Waals surface area contributed by atoms with Gasteiger partial charge in [-0.1, -0.05) is 78.9 Å². The lowest BCUT2D eigenvalue weighted by Crippen LogP contribution is -2.50. The van der Waals surface area contributed by atoms with Gasteiger partial charge in [-0.05, 0) is 83.4 Å². The summed E-state index contributed by atoms with van der Waals surface area (Å²) in [6.45, 7) is 8.88. The summed E-state index contributed by atoms with van der Waals surface area (Å²) in [6, 6.07) is 30.6. The van der Waals surface area contributed by atoms with E-state index in [1.54, 1.807) is 36.4 Å². The predicted octanol–water partition coefficient (Wildman–Crippen LogP) is 9.59. The number of nitrogens with zero attached hydrogens (tertiary/aromatic N) is 2. The highest BCUT2D eigenvalue weighted by molar-refractivity contribution is 6.16. The standard InChI is InChI=1S/C60H61N2O12/c1-57(2)45-10-6-8-12-47(45)61(34-37-14-18-41(19-15-37)49(64)36-63)50(57)24-22-43-53(66)71-59(72-54(43)67)30-26-39(27-31-59)40-28-32-60(33-29-40)73-55(68)44(56(69)74-60)23-25-51-58(3,4)46-11-7-9-13-48(46)62(51)35-38-16-20-42(21-17-38)52(65)70-5/h6-23,25,39-40,63H,24,26-36H2,1-5H3/q+1/p+1. The number of Topliss-reactive ketones (excluding diaryl/α,β-unsaturated/α-hetero) is 1. The maximum absolute atomic E-state index is 13.7. The van der Waals surface area contributed by atoms with Crippen LogP contribution in [0.1, 0.15) is 128 Å². The number of ketones is 1. The molecule has 382 valence electrons. The minimum Gasteiger partial charge on any atom is -0.480 e. The molecule has 4 aromatic rings. The Kier molecular flexibility index (Phi) is 13.2. The number of fused-ring (bicyclic) bond motifs is 2. The Balaban J connectivity index is 0.768. The summed E-state index contributed by atoms with van der Waals surface area (Å²) in [6.07, 6.45) is 9.51. The number of hydrogen-bond donors (Lipinski definition) is 2. The predicted molar refractivity (Wildman–Crippen MR) is 272 cm³/mol. The average Bonchev–Trinajstić information content (AvgIpc) is 3.73. The van der Waals surface area contributed by atoms with Gasteiger partial charge in [-0.3, -0.25) is 4.79 Å². The molecule has 2 N–H and O–H groups in total. The minimum atomic E-state index is -1.34. The number of carbonyl (C=O) groups is 5. The molecule has 14 heteroatoms. The molecular formula is C60H62N2O12+2. The first-order valence-electron chi connectivity index (χ1n) is 25.5. The van der Waals surface area contributed by atoms with Gasteiger partial charge in [-0.15, -0.1) is 0 Å². The molecule has 0 amide bonds. The SMILES string of the molecule is COC(=O)c1ccc(C[N+]2=C(C=CC3=C(O)OC4(CCC(C5CCC6(CC5)OC(=O)C(=CCC5=[N+](Cc7ccc(C(=O)CO)cc7)c7ccccc7C5(C)C)C(=O)O6)CC4)OC3=O)C(C)(C)c3ccccc32)cc1. The lowest BCUT2D eigenvalue weighted by molar-refractivity contribution is -0.456. The second kappa shape index (κ2) is 19.4. The first kappa shape index (κ1) is 50.1. The normalized spacial score (nSPS) is 24.9. The van der Waals surface area contributed by atoms with Crippen molar-refractivity contribution in [2.45, 2.75) is 121 Å². The number of methoxy groups -OCH3 is 1. The highest BCUT2D eigenvalue weighted by atomic mass is 16.8. The minimum absolute atomic E-state index is 0.0712. The molecule has 0 radical (unpaired) electrons. The molecule has 0 aromatic heterocycles. The second-order valence-electron chi connectivity index (χ2n) is 21.4. The van der Waals surface area contributed by atoms with Crippen molar-refractivity contribution in [3.63, 3.8) is 0 Å². The number of ether oxygens (including phenoxy) is 5. The van der Waals surface area contributed by atoms with Crippen molar-refractivity contribution < 1.29 is 67.0 Å². The van der Waals surface area contributed by atoms with Crippen LogP contribution in [0.4, 0.5) is 11.4 Å². The van der Waals surface area contributed by atoms with Crippen LogP contribution in [0.5, 0.6) is 0 Å². The van der Waals surface area contributed by atoms with Gasteiger partial charge in [0.1, 0.15) is 17.8 Å². The van der Waals surface area contributed by atoms with Crippen molar-refractivity contribution in [2.75, 3.05) is 13.7 Å². The van der Waals surface area contributed by atoms with Crippen LogP contribution in [0, 0.1) is 11.8 Å². The lowest BCUT2D eigenvalue weighted by atomic mass is 9.70. The number of para-hydroxylation sites is 2. The zero-order valence-electron chi connectivity index (χ0n) is 42.5. The van der Waals surface area contributed by atoms with Gasteiger partial charge >= 0.3 is 23.9 Å². The van der Waals surface area contributed by atoms with E-state index in [0.29, 0.717) is 75.6 Å². The average molecular weight is 1000 g/mol. The largest absolute Gasteiger partial charge is 0.480 e. The molecule has 2 saturated carbocycles. The molecule has 4 aromatic carbocycles. The van der Waals surface area contributed by atoms with Crippen molar-refractivity contribution >= 4 is 52.5 Å². The smallest absolute Gasteiger partial charge is 0.348 e. The quantitative estimate of drug-likeness (QED) is 0.0344. The van der Waals surface area contributed by atoms with Crippen LogP contribution in [0.25, 0.3) is 0 Å². The van der Waals surface area contributed by atoms with Gasteiger partial charge in [0, 0.05) is 78.1 Å². The van der Waals surface area contributed by atoms with E-state index in [1.165, 1.54) is 7.11 Å². The van der Waals surface area contributed by atoms with Crippen molar-refractivity contribution in [2.24, 2.45) is 11.8 Å². The van der Waals surface area contributed by atoms with Gasteiger partial charge in [0.05, 0.1) is 23.5 Å².